The van der Waals surface area contributed by atoms with Gasteiger partial charge in [-0.3, -0.25) is 4.40 Å². The van der Waals surface area contributed by atoms with E-state index in [1.807, 2.05) is 35.3 Å². The average Bonchev–Trinajstić information content (AvgIpc) is 2.41. The second-order valence-electron chi connectivity index (χ2n) is 2.33. The van der Waals surface area contributed by atoms with Crippen molar-refractivity contribution in [2.24, 2.45) is 7.05 Å². The average molecular weight is 136 g/mol. The zero-order valence-electron chi connectivity index (χ0n) is 5.94. The van der Waals surface area contributed by atoms with Crippen molar-refractivity contribution in [3.63, 3.8) is 0 Å². The minimum atomic E-state index is 0.887. The van der Waals surface area contributed by atoms with Crippen molar-refractivity contribution in [3.8, 4) is 0 Å². The van der Waals surface area contributed by atoms with Gasteiger partial charge in [0.25, 0.3) is 0 Å². The maximum Gasteiger partial charge on any atom is 0.235 e. The molecule has 0 bridgehead atoms. The second kappa shape index (κ2) is 1.59. The molecule has 0 radical (unpaired) electrons. The van der Waals surface area contributed by atoms with Gasteiger partial charge < -0.3 is 4.57 Å². The van der Waals surface area contributed by atoms with Gasteiger partial charge in [-0.05, 0) is 6.92 Å². The summed E-state index contributed by atoms with van der Waals surface area (Å²) in [7, 11) is 1.95. The van der Waals surface area contributed by atoms with Crippen molar-refractivity contribution >= 4 is 5.78 Å². The first-order chi connectivity index (χ1) is 4.79. The fourth-order valence-electron chi connectivity index (χ4n) is 1.01. The number of aryl methyl sites for hydroxylation is 2. The lowest BCUT2D eigenvalue weighted by Gasteiger charge is -1.84. The summed E-state index contributed by atoms with van der Waals surface area (Å²) < 4.78 is 3.88. The first-order valence-corrected chi connectivity index (χ1v) is 3.11. The molecule has 0 atom stereocenters. The van der Waals surface area contributed by atoms with Crippen molar-refractivity contribution in [2.45, 2.75) is 6.92 Å². The summed E-state index contributed by atoms with van der Waals surface area (Å²) in [5.41, 5.74) is 0. The SMILES string of the molecule is Cc1nnc2n(C)ccn12. The number of imidazole rings is 1. The Bertz CT molecular complexity index is 321. The van der Waals surface area contributed by atoms with E-state index in [-0.39, 0.29) is 0 Å². The van der Waals surface area contributed by atoms with Crippen LogP contribution in [0.25, 0.3) is 5.78 Å². The standard InChI is InChI=1S/C6H8N4/c1-5-7-8-6-9(2)3-4-10(5)6/h3-4H,1-2H3. The Morgan fingerprint density at radius 2 is 2.10 bits per heavy atom. The van der Waals surface area contributed by atoms with Crippen LogP contribution in [0.2, 0.25) is 0 Å². The third kappa shape index (κ3) is 0.504. The minimum Gasteiger partial charge on any atom is -0.319 e. The normalized spacial score (nSPS) is 11.0. The summed E-state index contributed by atoms with van der Waals surface area (Å²) in [6.07, 6.45) is 3.90. The van der Waals surface area contributed by atoms with E-state index in [0.717, 1.165) is 11.6 Å². The zero-order chi connectivity index (χ0) is 7.14. The second-order valence-corrected chi connectivity index (χ2v) is 2.33. The van der Waals surface area contributed by atoms with Crippen molar-refractivity contribution < 1.29 is 0 Å². The first kappa shape index (κ1) is 5.46. The number of hydrogen-bond acceptors (Lipinski definition) is 2. The van der Waals surface area contributed by atoms with Crippen LogP contribution >= 0.6 is 0 Å². The van der Waals surface area contributed by atoms with Gasteiger partial charge in [0, 0.05) is 19.4 Å². The van der Waals surface area contributed by atoms with E-state index in [1.54, 1.807) is 0 Å². The Morgan fingerprint density at radius 1 is 1.30 bits per heavy atom. The molecule has 0 spiro atoms. The van der Waals surface area contributed by atoms with E-state index in [4.69, 9.17) is 0 Å². The monoisotopic (exact) mass is 136 g/mol. The number of rotatable bonds is 0. The summed E-state index contributed by atoms with van der Waals surface area (Å²) in [6.45, 7) is 1.93. The molecule has 2 aromatic rings. The molecule has 2 rings (SSSR count). The van der Waals surface area contributed by atoms with E-state index < -0.39 is 0 Å². The molecule has 0 aliphatic heterocycles. The first-order valence-electron chi connectivity index (χ1n) is 3.11. The van der Waals surface area contributed by atoms with Gasteiger partial charge in [-0.25, -0.2) is 0 Å². The predicted molar refractivity (Wildman–Crippen MR) is 36.7 cm³/mol. The molecule has 0 saturated carbocycles. The molecular formula is C6H8N4. The summed E-state index contributed by atoms with van der Waals surface area (Å²) in [4.78, 5) is 0. The van der Waals surface area contributed by atoms with Gasteiger partial charge in [0.05, 0.1) is 0 Å². The summed E-state index contributed by atoms with van der Waals surface area (Å²) in [5, 5.41) is 7.86. The molecule has 2 heterocycles. The highest BCUT2D eigenvalue weighted by Crippen LogP contribution is 2.00. The molecule has 0 N–H and O–H groups in total. The molecule has 0 unspecified atom stereocenters. The van der Waals surface area contributed by atoms with E-state index in [1.165, 1.54) is 0 Å². The zero-order valence-corrected chi connectivity index (χ0v) is 5.94. The van der Waals surface area contributed by atoms with Crippen molar-refractivity contribution in [2.75, 3.05) is 0 Å². The number of aromatic nitrogens is 4. The smallest absolute Gasteiger partial charge is 0.235 e. The molecule has 0 fully saturated rings. The Labute approximate surface area is 58.1 Å². The maximum atomic E-state index is 3.95. The Kier molecular flexibility index (Phi) is 0.869. The number of hydrogen-bond donors (Lipinski definition) is 0. The fraction of sp³-hybridized carbons (Fsp3) is 0.333. The van der Waals surface area contributed by atoms with E-state index in [9.17, 15) is 0 Å². The summed E-state index contributed by atoms with van der Waals surface area (Å²) >= 11 is 0. The van der Waals surface area contributed by atoms with E-state index in [2.05, 4.69) is 10.2 Å². The van der Waals surface area contributed by atoms with Crippen LogP contribution in [0, 0.1) is 6.92 Å². The summed E-state index contributed by atoms with van der Waals surface area (Å²) in [6, 6.07) is 0. The molecule has 0 amide bonds. The lowest BCUT2D eigenvalue weighted by atomic mass is 10.7. The molecule has 10 heavy (non-hydrogen) atoms. The van der Waals surface area contributed by atoms with Crippen LogP contribution in [0.5, 0.6) is 0 Å². The molecule has 0 aliphatic carbocycles. The lowest BCUT2D eigenvalue weighted by molar-refractivity contribution is 0.922. The lowest BCUT2D eigenvalue weighted by Crippen LogP contribution is -1.86. The quantitative estimate of drug-likeness (QED) is 0.524. The van der Waals surface area contributed by atoms with Gasteiger partial charge in [-0.2, -0.15) is 0 Å². The Balaban J connectivity index is 2.95. The van der Waals surface area contributed by atoms with Gasteiger partial charge in [0.15, 0.2) is 0 Å². The maximum absolute atomic E-state index is 3.95. The van der Waals surface area contributed by atoms with E-state index in [0.29, 0.717) is 0 Å². The molecule has 0 aliphatic rings. The van der Waals surface area contributed by atoms with Crippen molar-refractivity contribution in [3.05, 3.63) is 18.2 Å². The van der Waals surface area contributed by atoms with Crippen molar-refractivity contribution in [1.29, 1.82) is 0 Å². The third-order valence-electron chi connectivity index (χ3n) is 1.60. The molecule has 4 nitrogen and oxygen atoms in total. The van der Waals surface area contributed by atoms with Crippen LogP contribution in [0.1, 0.15) is 5.82 Å². The molecule has 0 aromatic carbocycles. The van der Waals surface area contributed by atoms with E-state index >= 15 is 0 Å². The van der Waals surface area contributed by atoms with Crippen LogP contribution in [0.4, 0.5) is 0 Å². The summed E-state index contributed by atoms with van der Waals surface area (Å²) in [5.74, 6) is 1.81. The van der Waals surface area contributed by atoms with Gasteiger partial charge in [-0.15, -0.1) is 10.2 Å². The Hall–Kier alpha value is -1.32. The largest absolute Gasteiger partial charge is 0.319 e. The van der Waals surface area contributed by atoms with Gasteiger partial charge in [-0.1, -0.05) is 0 Å². The molecule has 52 valence electrons. The van der Waals surface area contributed by atoms with Crippen LogP contribution in [-0.2, 0) is 7.05 Å². The predicted octanol–water partition coefficient (Wildman–Crippen LogP) is 0.376. The number of fused-ring (bicyclic) bond motifs is 1. The third-order valence-corrected chi connectivity index (χ3v) is 1.60. The molecule has 4 heteroatoms. The topological polar surface area (TPSA) is 35.1 Å². The highest BCUT2D eigenvalue weighted by atomic mass is 15.3. The number of nitrogens with zero attached hydrogens (tertiary/aromatic N) is 4. The van der Waals surface area contributed by atoms with Crippen LogP contribution in [0.3, 0.4) is 0 Å². The van der Waals surface area contributed by atoms with Gasteiger partial charge in [0.1, 0.15) is 5.82 Å². The minimum absolute atomic E-state index is 0.887. The highest BCUT2D eigenvalue weighted by molar-refractivity contribution is 5.28. The van der Waals surface area contributed by atoms with Crippen molar-refractivity contribution in [1.82, 2.24) is 19.2 Å². The molecule has 2 aromatic heterocycles. The Morgan fingerprint density at radius 3 is 2.80 bits per heavy atom. The fourth-order valence-corrected chi connectivity index (χ4v) is 1.01. The van der Waals surface area contributed by atoms with Gasteiger partial charge >= 0.3 is 0 Å². The van der Waals surface area contributed by atoms with Gasteiger partial charge in [0.2, 0.25) is 5.78 Å². The van der Waals surface area contributed by atoms with Crippen LogP contribution < -0.4 is 0 Å². The van der Waals surface area contributed by atoms with Crippen LogP contribution in [-0.4, -0.2) is 19.2 Å². The highest BCUT2D eigenvalue weighted by Gasteiger charge is 2.01. The molecule has 0 saturated heterocycles. The van der Waals surface area contributed by atoms with Crippen LogP contribution in [0.15, 0.2) is 12.4 Å². The molecular weight excluding hydrogens is 128 g/mol.